The summed E-state index contributed by atoms with van der Waals surface area (Å²) in [6, 6.07) is 19.9. The van der Waals surface area contributed by atoms with E-state index in [-0.39, 0.29) is 5.71 Å². The van der Waals surface area contributed by atoms with E-state index in [4.69, 9.17) is 5.73 Å². The van der Waals surface area contributed by atoms with Gasteiger partial charge in [-0.05, 0) is 11.1 Å². The smallest absolute Gasteiger partial charge is 0.332 e. The van der Waals surface area contributed by atoms with Crippen molar-refractivity contribution in [2.75, 3.05) is 0 Å². The van der Waals surface area contributed by atoms with Crippen LogP contribution in [0.5, 0.6) is 0 Å². The second kappa shape index (κ2) is 8.76. The quantitative estimate of drug-likeness (QED) is 0.613. The number of rotatable bonds is 6. The maximum atomic E-state index is 13.0. The number of Topliss-reactive ketones (excluding diaryl/α,β-unsaturated/α-hetero) is 1. The van der Waals surface area contributed by atoms with Crippen molar-refractivity contribution in [3.8, 4) is 12.1 Å². The number of carbonyl (C=O) groups is 2. The van der Waals surface area contributed by atoms with Gasteiger partial charge in [-0.2, -0.15) is 15.6 Å². The Kier molecular flexibility index (Phi) is 6.19. The molecule has 3 N–H and O–H groups in total. The molecule has 2 aromatic carbocycles. The van der Waals surface area contributed by atoms with Gasteiger partial charge in [-0.25, -0.2) is 10.2 Å². The molecule has 0 aliphatic rings. The number of nitrogens with two attached hydrogens (primary N) is 1. The molecule has 0 heterocycles. The highest BCUT2D eigenvalue weighted by atomic mass is 16.2. The van der Waals surface area contributed by atoms with E-state index in [9.17, 15) is 20.1 Å². The number of hydrogen-bond acceptors (Lipinski definition) is 5. The van der Waals surface area contributed by atoms with Crippen molar-refractivity contribution in [3.63, 3.8) is 0 Å². The van der Waals surface area contributed by atoms with Crippen LogP contribution in [-0.2, 0) is 4.79 Å². The van der Waals surface area contributed by atoms with Gasteiger partial charge in [0.2, 0.25) is 5.78 Å². The van der Waals surface area contributed by atoms with E-state index >= 15 is 0 Å². The molecule has 0 aromatic heterocycles. The number of ketones is 1. The van der Waals surface area contributed by atoms with Crippen LogP contribution >= 0.6 is 0 Å². The predicted octanol–water partition coefficient (Wildman–Crippen LogP) is 2.19. The number of hydrogen-bond donors (Lipinski definition) is 2. The molecule has 7 heteroatoms. The van der Waals surface area contributed by atoms with Crippen molar-refractivity contribution in [1.29, 1.82) is 10.5 Å². The number of urea groups is 1. The van der Waals surface area contributed by atoms with Crippen LogP contribution in [0.2, 0.25) is 0 Å². The molecule has 0 fully saturated rings. The predicted molar refractivity (Wildman–Crippen MR) is 94.8 cm³/mol. The fraction of sp³-hybridized carbons (Fsp3) is 0.105. The van der Waals surface area contributed by atoms with Gasteiger partial charge in [0.15, 0.2) is 0 Å². The summed E-state index contributed by atoms with van der Waals surface area (Å²) in [5.41, 5.74) is 7.74. The van der Waals surface area contributed by atoms with Crippen LogP contribution in [-0.4, -0.2) is 17.5 Å². The Morgan fingerprint density at radius 3 is 1.77 bits per heavy atom. The van der Waals surface area contributed by atoms with Gasteiger partial charge < -0.3 is 5.73 Å². The Hall–Kier alpha value is -3.97. The fourth-order valence-corrected chi connectivity index (χ4v) is 2.39. The molecule has 2 aromatic rings. The maximum Gasteiger partial charge on any atom is 0.332 e. The van der Waals surface area contributed by atoms with Crippen LogP contribution in [0.3, 0.4) is 0 Å². The van der Waals surface area contributed by atoms with E-state index in [1.165, 1.54) is 0 Å². The molecule has 0 saturated carbocycles. The summed E-state index contributed by atoms with van der Waals surface area (Å²) in [5, 5.41) is 22.8. The zero-order valence-corrected chi connectivity index (χ0v) is 13.7. The van der Waals surface area contributed by atoms with Crippen molar-refractivity contribution in [3.05, 3.63) is 71.8 Å². The fourth-order valence-electron chi connectivity index (χ4n) is 2.39. The second-order valence-electron chi connectivity index (χ2n) is 5.28. The molecule has 0 aliphatic heterocycles. The molecule has 26 heavy (non-hydrogen) atoms. The first-order valence-corrected chi connectivity index (χ1v) is 7.64. The first-order chi connectivity index (χ1) is 12.6. The molecule has 0 aliphatic carbocycles. The third kappa shape index (κ3) is 4.31. The molecule has 2 amide bonds. The van der Waals surface area contributed by atoms with Crippen LogP contribution < -0.4 is 11.2 Å². The standard InChI is InChI=1S/C19H15N5O2/c20-11-15(13-7-3-1-4-8-13)17(23-24-19(22)26)18(25)16(12-21)14-9-5-2-6-10-14/h1-10,15-16H,(H3,22,24,26)/b23-17+/t15-,16-/m0/s1. The molecule has 2 rings (SSSR count). The molecular weight excluding hydrogens is 330 g/mol. The third-order valence-corrected chi connectivity index (χ3v) is 3.60. The maximum absolute atomic E-state index is 13.0. The molecule has 0 spiro atoms. The topological polar surface area (TPSA) is 132 Å². The summed E-state index contributed by atoms with van der Waals surface area (Å²) < 4.78 is 0. The van der Waals surface area contributed by atoms with Crippen molar-refractivity contribution < 1.29 is 9.59 Å². The van der Waals surface area contributed by atoms with Gasteiger partial charge in [-0.1, -0.05) is 60.7 Å². The number of carbonyl (C=O) groups excluding carboxylic acids is 2. The van der Waals surface area contributed by atoms with E-state index in [1.807, 2.05) is 17.6 Å². The minimum absolute atomic E-state index is 0.257. The van der Waals surface area contributed by atoms with Crippen LogP contribution in [0, 0.1) is 22.7 Å². The molecule has 0 bridgehead atoms. The number of nitrogens with zero attached hydrogens (tertiary/aromatic N) is 3. The zero-order chi connectivity index (χ0) is 18.9. The average Bonchev–Trinajstić information content (AvgIpc) is 2.67. The monoisotopic (exact) mass is 345 g/mol. The van der Waals surface area contributed by atoms with E-state index in [0.29, 0.717) is 11.1 Å². The lowest BCUT2D eigenvalue weighted by molar-refractivity contribution is -0.113. The number of benzene rings is 2. The van der Waals surface area contributed by atoms with E-state index in [0.717, 1.165) is 0 Å². The number of primary amides is 1. The van der Waals surface area contributed by atoms with Crippen molar-refractivity contribution in [2.24, 2.45) is 10.8 Å². The van der Waals surface area contributed by atoms with Gasteiger partial charge in [0, 0.05) is 0 Å². The van der Waals surface area contributed by atoms with Crippen LogP contribution in [0.4, 0.5) is 4.79 Å². The molecule has 0 saturated heterocycles. The Labute approximate surface area is 150 Å². The highest BCUT2D eigenvalue weighted by Crippen LogP contribution is 2.23. The van der Waals surface area contributed by atoms with Crippen LogP contribution in [0.15, 0.2) is 65.8 Å². The Morgan fingerprint density at radius 2 is 1.35 bits per heavy atom. The van der Waals surface area contributed by atoms with Gasteiger partial charge in [0.05, 0.1) is 12.1 Å². The van der Waals surface area contributed by atoms with E-state index < -0.39 is 23.7 Å². The molecule has 0 radical (unpaired) electrons. The Bertz CT molecular complexity index is 895. The van der Waals surface area contributed by atoms with Crippen molar-refractivity contribution in [2.45, 2.75) is 11.8 Å². The van der Waals surface area contributed by atoms with Gasteiger partial charge >= 0.3 is 6.03 Å². The molecule has 2 atom stereocenters. The molecular formula is C19H15N5O2. The summed E-state index contributed by atoms with van der Waals surface area (Å²) >= 11 is 0. The highest BCUT2D eigenvalue weighted by molar-refractivity contribution is 6.44. The highest BCUT2D eigenvalue weighted by Gasteiger charge is 2.31. The molecule has 128 valence electrons. The van der Waals surface area contributed by atoms with Crippen molar-refractivity contribution >= 4 is 17.5 Å². The summed E-state index contributed by atoms with van der Waals surface area (Å²) in [4.78, 5) is 24.0. The van der Waals surface area contributed by atoms with Gasteiger partial charge in [-0.15, -0.1) is 0 Å². The lowest BCUT2D eigenvalue weighted by Gasteiger charge is -2.15. The summed E-state index contributed by atoms with van der Waals surface area (Å²) in [5.74, 6) is -2.90. The van der Waals surface area contributed by atoms with Gasteiger partial charge in [0.25, 0.3) is 0 Å². The zero-order valence-electron chi connectivity index (χ0n) is 13.7. The first-order valence-electron chi connectivity index (χ1n) is 7.64. The van der Waals surface area contributed by atoms with Crippen LogP contribution in [0.1, 0.15) is 23.0 Å². The number of hydrazone groups is 1. The lowest BCUT2D eigenvalue weighted by Crippen LogP contribution is -2.32. The largest absolute Gasteiger partial charge is 0.350 e. The van der Waals surface area contributed by atoms with E-state index in [1.54, 1.807) is 60.7 Å². The minimum Gasteiger partial charge on any atom is -0.350 e. The Morgan fingerprint density at radius 1 is 0.885 bits per heavy atom. The Balaban J connectivity index is 2.49. The van der Waals surface area contributed by atoms with E-state index in [2.05, 4.69) is 5.10 Å². The average molecular weight is 345 g/mol. The van der Waals surface area contributed by atoms with Crippen LogP contribution in [0.25, 0.3) is 0 Å². The SMILES string of the molecule is N#C[C@H](C(=O)/C(=N/NC(N)=O)[C@@H](C#N)c1ccccc1)c1ccccc1. The minimum atomic E-state index is -1.16. The second-order valence-corrected chi connectivity index (χ2v) is 5.28. The molecule has 7 nitrogen and oxygen atoms in total. The number of amides is 2. The summed E-state index contributed by atoms with van der Waals surface area (Å²) in [7, 11) is 0. The first kappa shape index (κ1) is 18.4. The van der Waals surface area contributed by atoms with Gasteiger partial charge in [-0.3, -0.25) is 4.79 Å². The normalized spacial score (nSPS) is 12.9. The lowest BCUT2D eigenvalue weighted by atomic mass is 9.86. The van der Waals surface area contributed by atoms with Crippen molar-refractivity contribution in [1.82, 2.24) is 5.43 Å². The molecule has 0 unspecified atom stereocenters. The summed E-state index contributed by atoms with van der Waals surface area (Å²) in [6.45, 7) is 0. The third-order valence-electron chi connectivity index (χ3n) is 3.60. The number of nitrogens with one attached hydrogen (secondary N) is 1. The number of nitriles is 2. The van der Waals surface area contributed by atoms with Gasteiger partial charge in [0.1, 0.15) is 17.5 Å². The summed E-state index contributed by atoms with van der Waals surface area (Å²) in [6.07, 6.45) is 0.